The van der Waals surface area contributed by atoms with E-state index in [-0.39, 0.29) is 0 Å². The van der Waals surface area contributed by atoms with E-state index in [4.69, 9.17) is 0 Å². The lowest BCUT2D eigenvalue weighted by Gasteiger charge is -2.16. The number of halogens is 1. The Morgan fingerprint density at radius 2 is 2.00 bits per heavy atom. The average molecular weight is 316 g/mol. The van der Waals surface area contributed by atoms with Gasteiger partial charge in [-0.1, -0.05) is 42.8 Å². The Bertz CT molecular complexity index is 352. The van der Waals surface area contributed by atoms with Gasteiger partial charge in [-0.2, -0.15) is 0 Å². The highest BCUT2D eigenvalue weighted by Gasteiger charge is 2.09. The molecule has 1 atom stereocenters. The molecule has 0 saturated heterocycles. The molecule has 0 aliphatic carbocycles. The minimum absolute atomic E-state index is 0.405. The maximum Gasteiger partial charge on any atom is 0.0302 e. The standard InChI is InChI=1S/C14H22BrNS/c1-5-8-16-11(4)13-7-6-12(9-14(13)15)17-10(2)3/h6-7,9-11,16H,5,8H2,1-4H3. The van der Waals surface area contributed by atoms with E-state index in [2.05, 4.69) is 67.1 Å². The van der Waals surface area contributed by atoms with Gasteiger partial charge in [0.05, 0.1) is 0 Å². The summed E-state index contributed by atoms with van der Waals surface area (Å²) in [4.78, 5) is 1.33. The van der Waals surface area contributed by atoms with E-state index in [1.54, 1.807) is 0 Å². The summed E-state index contributed by atoms with van der Waals surface area (Å²) >= 11 is 5.58. The Labute approximate surface area is 118 Å². The van der Waals surface area contributed by atoms with Crippen LogP contribution in [0.4, 0.5) is 0 Å². The summed E-state index contributed by atoms with van der Waals surface area (Å²) in [6.45, 7) is 9.91. The van der Waals surface area contributed by atoms with E-state index < -0.39 is 0 Å². The van der Waals surface area contributed by atoms with Crippen LogP contribution in [0.25, 0.3) is 0 Å². The van der Waals surface area contributed by atoms with Crippen LogP contribution >= 0.6 is 27.7 Å². The highest BCUT2D eigenvalue weighted by molar-refractivity contribution is 9.10. The van der Waals surface area contributed by atoms with Gasteiger partial charge in [0.2, 0.25) is 0 Å². The second kappa shape index (κ2) is 7.45. The molecule has 0 saturated carbocycles. The molecule has 0 bridgehead atoms. The molecule has 1 nitrogen and oxygen atoms in total. The molecular weight excluding hydrogens is 294 g/mol. The van der Waals surface area contributed by atoms with Gasteiger partial charge in [0.1, 0.15) is 0 Å². The minimum atomic E-state index is 0.405. The first-order valence-electron chi connectivity index (χ1n) is 6.24. The molecule has 0 aliphatic rings. The number of rotatable bonds is 6. The first-order chi connectivity index (χ1) is 8.04. The molecule has 0 spiro atoms. The van der Waals surface area contributed by atoms with Crippen LogP contribution in [-0.2, 0) is 0 Å². The topological polar surface area (TPSA) is 12.0 Å². The molecular formula is C14H22BrNS. The smallest absolute Gasteiger partial charge is 0.0302 e. The maximum atomic E-state index is 3.68. The van der Waals surface area contributed by atoms with Gasteiger partial charge in [-0.15, -0.1) is 11.8 Å². The van der Waals surface area contributed by atoms with Gasteiger partial charge in [0.15, 0.2) is 0 Å². The lowest BCUT2D eigenvalue weighted by Crippen LogP contribution is -2.19. The molecule has 0 aliphatic heterocycles. The highest BCUT2D eigenvalue weighted by atomic mass is 79.9. The lowest BCUT2D eigenvalue weighted by atomic mass is 10.1. The molecule has 17 heavy (non-hydrogen) atoms. The first-order valence-corrected chi connectivity index (χ1v) is 7.91. The summed E-state index contributed by atoms with van der Waals surface area (Å²) in [5.74, 6) is 0. The third kappa shape index (κ3) is 5.02. The van der Waals surface area contributed by atoms with Gasteiger partial charge in [-0.05, 0) is 37.6 Å². The van der Waals surface area contributed by atoms with Gasteiger partial charge in [-0.25, -0.2) is 0 Å². The second-order valence-electron chi connectivity index (χ2n) is 4.53. The van der Waals surface area contributed by atoms with Crippen molar-refractivity contribution < 1.29 is 0 Å². The summed E-state index contributed by atoms with van der Waals surface area (Å²) in [6, 6.07) is 7.07. The van der Waals surface area contributed by atoms with Crippen molar-refractivity contribution in [3.8, 4) is 0 Å². The van der Waals surface area contributed by atoms with Gasteiger partial charge >= 0.3 is 0 Å². The normalized spacial score (nSPS) is 13.1. The lowest BCUT2D eigenvalue weighted by molar-refractivity contribution is 0.568. The van der Waals surface area contributed by atoms with Crippen molar-refractivity contribution in [3.63, 3.8) is 0 Å². The molecule has 0 fully saturated rings. The Balaban J connectivity index is 2.74. The Morgan fingerprint density at radius 3 is 2.53 bits per heavy atom. The van der Waals surface area contributed by atoms with Crippen molar-refractivity contribution in [2.75, 3.05) is 6.54 Å². The van der Waals surface area contributed by atoms with Crippen LogP contribution < -0.4 is 5.32 Å². The molecule has 0 amide bonds. The molecule has 1 rings (SSSR count). The maximum absolute atomic E-state index is 3.68. The fourth-order valence-electron chi connectivity index (χ4n) is 1.68. The molecule has 0 aromatic heterocycles. The zero-order chi connectivity index (χ0) is 12.8. The second-order valence-corrected chi connectivity index (χ2v) is 7.03. The van der Waals surface area contributed by atoms with Crippen molar-refractivity contribution in [2.45, 2.75) is 50.3 Å². The van der Waals surface area contributed by atoms with Crippen LogP contribution in [0.2, 0.25) is 0 Å². The Morgan fingerprint density at radius 1 is 1.29 bits per heavy atom. The zero-order valence-corrected chi connectivity index (χ0v) is 13.5. The van der Waals surface area contributed by atoms with E-state index in [0.717, 1.165) is 6.54 Å². The van der Waals surface area contributed by atoms with E-state index in [0.29, 0.717) is 11.3 Å². The van der Waals surface area contributed by atoms with Gasteiger partial charge in [0, 0.05) is 20.7 Å². The quantitative estimate of drug-likeness (QED) is 0.740. The van der Waals surface area contributed by atoms with E-state index >= 15 is 0 Å². The third-order valence-electron chi connectivity index (χ3n) is 2.51. The fraction of sp³-hybridized carbons (Fsp3) is 0.571. The average Bonchev–Trinajstić information content (AvgIpc) is 2.25. The summed E-state index contributed by atoms with van der Waals surface area (Å²) in [5, 5.41) is 4.14. The molecule has 1 N–H and O–H groups in total. The Hall–Kier alpha value is 0.01000. The van der Waals surface area contributed by atoms with Gasteiger partial charge in [-0.3, -0.25) is 0 Å². The predicted octanol–water partition coefficient (Wildman–Crippen LogP) is 5.01. The molecule has 0 radical (unpaired) electrons. The van der Waals surface area contributed by atoms with E-state index in [9.17, 15) is 0 Å². The van der Waals surface area contributed by atoms with Crippen molar-refractivity contribution in [3.05, 3.63) is 28.2 Å². The monoisotopic (exact) mass is 315 g/mol. The number of hydrogen-bond acceptors (Lipinski definition) is 2. The van der Waals surface area contributed by atoms with Crippen LogP contribution in [0.15, 0.2) is 27.6 Å². The molecule has 1 unspecified atom stereocenters. The minimum Gasteiger partial charge on any atom is -0.310 e. The van der Waals surface area contributed by atoms with Crippen LogP contribution in [0.1, 0.15) is 45.7 Å². The summed E-state index contributed by atoms with van der Waals surface area (Å²) in [5.41, 5.74) is 1.34. The molecule has 1 aromatic rings. The van der Waals surface area contributed by atoms with Crippen LogP contribution in [0.5, 0.6) is 0 Å². The highest BCUT2D eigenvalue weighted by Crippen LogP contribution is 2.30. The number of nitrogens with one attached hydrogen (secondary N) is 1. The SMILES string of the molecule is CCCNC(C)c1ccc(SC(C)C)cc1Br. The predicted molar refractivity (Wildman–Crippen MR) is 81.8 cm³/mol. The van der Waals surface area contributed by atoms with Crippen molar-refractivity contribution >= 4 is 27.7 Å². The molecule has 96 valence electrons. The van der Waals surface area contributed by atoms with Gasteiger partial charge < -0.3 is 5.32 Å². The van der Waals surface area contributed by atoms with Gasteiger partial charge in [0.25, 0.3) is 0 Å². The zero-order valence-electron chi connectivity index (χ0n) is 11.1. The fourth-order valence-corrected chi connectivity index (χ4v) is 3.43. The number of thioether (sulfide) groups is 1. The Kier molecular flexibility index (Phi) is 6.60. The summed E-state index contributed by atoms with van der Waals surface area (Å²) < 4.78 is 1.21. The molecule has 0 heterocycles. The van der Waals surface area contributed by atoms with Crippen LogP contribution in [0, 0.1) is 0 Å². The molecule has 3 heteroatoms. The van der Waals surface area contributed by atoms with Crippen molar-refractivity contribution in [2.24, 2.45) is 0 Å². The summed E-state index contributed by atoms with van der Waals surface area (Å²) in [6.07, 6.45) is 1.17. The van der Waals surface area contributed by atoms with Crippen molar-refractivity contribution in [1.29, 1.82) is 0 Å². The van der Waals surface area contributed by atoms with Crippen LogP contribution in [-0.4, -0.2) is 11.8 Å². The van der Waals surface area contributed by atoms with E-state index in [1.165, 1.54) is 21.4 Å². The van der Waals surface area contributed by atoms with E-state index in [1.807, 2.05) is 11.8 Å². The molecule has 1 aromatic carbocycles. The largest absolute Gasteiger partial charge is 0.310 e. The number of benzene rings is 1. The number of hydrogen-bond donors (Lipinski definition) is 1. The first kappa shape index (κ1) is 15.1. The summed E-state index contributed by atoms with van der Waals surface area (Å²) in [7, 11) is 0. The third-order valence-corrected chi connectivity index (χ3v) is 4.19. The van der Waals surface area contributed by atoms with Crippen molar-refractivity contribution in [1.82, 2.24) is 5.32 Å². The van der Waals surface area contributed by atoms with Crippen LogP contribution in [0.3, 0.4) is 0 Å².